The van der Waals surface area contributed by atoms with Gasteiger partial charge in [-0.25, -0.2) is 12.8 Å². The number of halogens is 3. The molecule has 3 N–H and O–H groups in total. The highest BCUT2D eigenvalue weighted by Gasteiger charge is 2.21. The second-order valence-electron chi connectivity index (χ2n) is 3.92. The summed E-state index contributed by atoms with van der Waals surface area (Å²) < 4.78 is 39.8. The Labute approximate surface area is 125 Å². The molecule has 0 bridgehead atoms. The van der Waals surface area contributed by atoms with Crippen LogP contribution in [0.15, 0.2) is 41.3 Å². The topological polar surface area (TPSA) is 72.2 Å². The minimum atomic E-state index is -4.04. The average molecular weight is 335 g/mol. The Bertz CT molecular complexity index is 726. The second kappa shape index (κ2) is 5.47. The van der Waals surface area contributed by atoms with Gasteiger partial charge in [0.2, 0.25) is 0 Å². The van der Waals surface area contributed by atoms with Crippen molar-refractivity contribution in [3.05, 3.63) is 52.3 Å². The van der Waals surface area contributed by atoms with Crippen LogP contribution in [0.2, 0.25) is 10.0 Å². The van der Waals surface area contributed by atoms with E-state index in [-0.39, 0.29) is 26.3 Å². The van der Waals surface area contributed by atoms with Crippen LogP contribution in [-0.2, 0) is 10.0 Å². The highest BCUT2D eigenvalue weighted by molar-refractivity contribution is 7.93. The molecule has 20 heavy (non-hydrogen) atoms. The van der Waals surface area contributed by atoms with Crippen LogP contribution in [0.4, 0.5) is 15.8 Å². The van der Waals surface area contributed by atoms with Crippen molar-refractivity contribution in [1.82, 2.24) is 0 Å². The van der Waals surface area contributed by atoms with Crippen molar-refractivity contribution in [2.45, 2.75) is 4.90 Å². The summed E-state index contributed by atoms with van der Waals surface area (Å²) in [4.78, 5) is -0.262. The fourth-order valence-electron chi connectivity index (χ4n) is 1.63. The number of benzene rings is 2. The van der Waals surface area contributed by atoms with E-state index in [4.69, 9.17) is 28.9 Å². The summed E-state index contributed by atoms with van der Waals surface area (Å²) in [6, 6.07) is 7.65. The summed E-state index contributed by atoms with van der Waals surface area (Å²) >= 11 is 11.5. The van der Waals surface area contributed by atoms with E-state index in [1.54, 1.807) is 0 Å². The molecule has 0 heterocycles. The molecule has 0 aromatic heterocycles. The molecule has 0 unspecified atom stereocenters. The van der Waals surface area contributed by atoms with Crippen LogP contribution < -0.4 is 10.5 Å². The van der Waals surface area contributed by atoms with E-state index in [1.165, 1.54) is 24.3 Å². The summed E-state index contributed by atoms with van der Waals surface area (Å²) in [5.41, 5.74) is 5.59. The zero-order valence-electron chi connectivity index (χ0n) is 9.90. The van der Waals surface area contributed by atoms with Gasteiger partial charge in [0.15, 0.2) is 0 Å². The minimum absolute atomic E-state index is 0.00694. The maximum Gasteiger partial charge on any atom is 0.265 e. The molecule has 2 rings (SSSR count). The van der Waals surface area contributed by atoms with Gasteiger partial charge < -0.3 is 5.73 Å². The van der Waals surface area contributed by atoms with Gasteiger partial charge in [-0.05, 0) is 30.3 Å². The van der Waals surface area contributed by atoms with Crippen LogP contribution in [0.3, 0.4) is 0 Å². The lowest BCUT2D eigenvalue weighted by atomic mass is 10.3. The second-order valence-corrected chi connectivity index (χ2v) is 6.38. The molecule has 0 atom stereocenters. The van der Waals surface area contributed by atoms with Gasteiger partial charge >= 0.3 is 0 Å². The van der Waals surface area contributed by atoms with Crippen LogP contribution >= 0.6 is 23.2 Å². The molecule has 0 amide bonds. The first-order valence-corrected chi connectivity index (χ1v) is 7.56. The van der Waals surface area contributed by atoms with Crippen LogP contribution in [0.1, 0.15) is 0 Å². The Morgan fingerprint density at radius 1 is 1.15 bits per heavy atom. The maximum atomic E-state index is 13.2. The summed E-state index contributed by atoms with van der Waals surface area (Å²) in [5.74, 6) is -0.665. The Morgan fingerprint density at radius 3 is 2.45 bits per heavy atom. The van der Waals surface area contributed by atoms with Crippen LogP contribution in [0.5, 0.6) is 0 Å². The average Bonchev–Trinajstić information content (AvgIpc) is 2.25. The molecule has 2 aromatic rings. The van der Waals surface area contributed by atoms with Gasteiger partial charge in [0.25, 0.3) is 10.0 Å². The van der Waals surface area contributed by atoms with Gasteiger partial charge in [0.05, 0.1) is 16.4 Å². The molecule has 0 radical (unpaired) electrons. The number of nitrogens with two attached hydrogens (primary N) is 1. The zero-order valence-corrected chi connectivity index (χ0v) is 12.2. The molecule has 2 aromatic carbocycles. The minimum Gasteiger partial charge on any atom is -0.398 e. The molecule has 0 saturated heterocycles. The Balaban J connectivity index is 2.46. The van der Waals surface area contributed by atoms with E-state index in [0.29, 0.717) is 0 Å². The van der Waals surface area contributed by atoms with E-state index in [0.717, 1.165) is 12.1 Å². The van der Waals surface area contributed by atoms with Gasteiger partial charge in [-0.3, -0.25) is 4.72 Å². The number of nitrogens with one attached hydrogen (secondary N) is 1. The summed E-state index contributed by atoms with van der Waals surface area (Å²) in [6.45, 7) is 0. The fraction of sp³-hybridized carbons (Fsp3) is 0. The smallest absolute Gasteiger partial charge is 0.265 e. The zero-order chi connectivity index (χ0) is 14.9. The lowest BCUT2D eigenvalue weighted by molar-refractivity contribution is 0.601. The van der Waals surface area contributed by atoms with E-state index in [9.17, 15) is 12.8 Å². The highest BCUT2D eigenvalue weighted by Crippen LogP contribution is 2.29. The first kappa shape index (κ1) is 14.9. The van der Waals surface area contributed by atoms with Crippen molar-refractivity contribution >= 4 is 44.6 Å². The van der Waals surface area contributed by atoms with Crippen LogP contribution in [-0.4, -0.2) is 8.42 Å². The van der Waals surface area contributed by atoms with Gasteiger partial charge in [0, 0.05) is 5.02 Å². The Hall–Kier alpha value is -1.50. The van der Waals surface area contributed by atoms with Crippen molar-refractivity contribution in [3.63, 3.8) is 0 Å². The van der Waals surface area contributed by atoms with E-state index < -0.39 is 15.8 Å². The predicted octanol–water partition coefficient (Wildman–Crippen LogP) is 3.52. The molecule has 0 aliphatic rings. The molecule has 4 nitrogen and oxygen atoms in total. The first-order chi connectivity index (χ1) is 9.29. The lowest BCUT2D eigenvalue weighted by Crippen LogP contribution is -2.15. The van der Waals surface area contributed by atoms with E-state index in [2.05, 4.69) is 4.72 Å². The standard InChI is InChI=1S/C12H9Cl2FN2O2S/c13-7-4-8(15)6-9(5-7)17-20(18,19)12-10(14)2-1-3-11(12)16/h1-6,17H,16H2. The summed E-state index contributed by atoms with van der Waals surface area (Å²) in [7, 11) is -4.04. The number of rotatable bonds is 3. The molecule has 0 spiro atoms. The SMILES string of the molecule is Nc1cccc(Cl)c1S(=O)(=O)Nc1cc(F)cc(Cl)c1. The van der Waals surface area contributed by atoms with Crippen molar-refractivity contribution in [2.75, 3.05) is 10.5 Å². The molecule has 106 valence electrons. The quantitative estimate of drug-likeness (QED) is 0.843. The number of nitrogen functional groups attached to an aromatic ring is 1. The predicted molar refractivity (Wildman–Crippen MR) is 78.1 cm³/mol. The first-order valence-electron chi connectivity index (χ1n) is 5.32. The van der Waals surface area contributed by atoms with Gasteiger partial charge in [-0.1, -0.05) is 29.3 Å². The lowest BCUT2D eigenvalue weighted by Gasteiger charge is -2.11. The summed E-state index contributed by atoms with van der Waals surface area (Å²) in [6.07, 6.45) is 0. The molecule has 0 aliphatic heterocycles. The molecular formula is C12H9Cl2FN2O2S. The molecular weight excluding hydrogens is 326 g/mol. The Kier molecular flexibility index (Phi) is 4.08. The molecule has 0 saturated carbocycles. The highest BCUT2D eigenvalue weighted by atomic mass is 35.5. The number of hydrogen-bond donors (Lipinski definition) is 2. The molecule has 8 heteroatoms. The number of hydrogen-bond acceptors (Lipinski definition) is 3. The third-order valence-electron chi connectivity index (χ3n) is 2.38. The third kappa shape index (κ3) is 3.15. The monoisotopic (exact) mass is 334 g/mol. The summed E-state index contributed by atoms with van der Waals surface area (Å²) in [5, 5.41) is 0.0369. The number of anilines is 2. The van der Waals surface area contributed by atoms with Gasteiger partial charge in [-0.15, -0.1) is 0 Å². The Morgan fingerprint density at radius 2 is 1.85 bits per heavy atom. The van der Waals surface area contributed by atoms with Gasteiger partial charge in [0.1, 0.15) is 10.7 Å². The van der Waals surface area contributed by atoms with E-state index >= 15 is 0 Å². The van der Waals surface area contributed by atoms with Crippen molar-refractivity contribution < 1.29 is 12.8 Å². The largest absolute Gasteiger partial charge is 0.398 e. The fourth-order valence-corrected chi connectivity index (χ4v) is 3.57. The van der Waals surface area contributed by atoms with Crippen LogP contribution in [0, 0.1) is 5.82 Å². The molecule has 0 aliphatic carbocycles. The van der Waals surface area contributed by atoms with Crippen molar-refractivity contribution in [3.8, 4) is 0 Å². The van der Waals surface area contributed by atoms with Gasteiger partial charge in [-0.2, -0.15) is 0 Å². The van der Waals surface area contributed by atoms with E-state index in [1.807, 2.05) is 0 Å². The number of sulfonamides is 1. The van der Waals surface area contributed by atoms with Crippen molar-refractivity contribution in [1.29, 1.82) is 0 Å². The van der Waals surface area contributed by atoms with Crippen molar-refractivity contribution in [2.24, 2.45) is 0 Å². The third-order valence-corrected chi connectivity index (χ3v) is 4.52. The molecule has 0 fully saturated rings. The normalized spacial score (nSPS) is 11.3. The maximum absolute atomic E-state index is 13.2. The van der Waals surface area contributed by atoms with Crippen LogP contribution in [0.25, 0.3) is 0 Å².